The van der Waals surface area contributed by atoms with E-state index in [-0.39, 0.29) is 18.4 Å². The molecule has 0 amide bonds. The summed E-state index contributed by atoms with van der Waals surface area (Å²) in [6, 6.07) is 14.2. The maximum atomic E-state index is 11.0. The Bertz CT molecular complexity index is 756. The Kier molecular flexibility index (Phi) is 10.9. The maximum absolute atomic E-state index is 11.0. The maximum Gasteiger partial charge on any atom is 0.303 e. The number of aliphatic hydroxyl groups excluding tert-OH is 1. The molecular weight excluding hydrogens is 374 g/mol. The molecule has 4 N–H and O–H groups in total. The zero-order valence-corrected chi connectivity index (χ0v) is 18.4. The Hall–Kier alpha value is -1.91. The van der Waals surface area contributed by atoms with Gasteiger partial charge >= 0.3 is 5.97 Å². The average Bonchev–Trinajstić information content (AvgIpc) is 2.75. The van der Waals surface area contributed by atoms with Crippen LogP contribution in [0.3, 0.4) is 0 Å². The molecule has 3 atom stereocenters. The molecule has 4 nitrogen and oxygen atoms in total. The first-order valence-electron chi connectivity index (χ1n) is 11.7. The van der Waals surface area contributed by atoms with Crippen LogP contribution < -0.4 is 5.73 Å². The first-order valence-corrected chi connectivity index (χ1v) is 11.7. The number of benzene rings is 2. The first kappa shape index (κ1) is 24.4. The van der Waals surface area contributed by atoms with E-state index < -0.39 is 12.1 Å². The zero-order valence-electron chi connectivity index (χ0n) is 18.4. The summed E-state index contributed by atoms with van der Waals surface area (Å²) in [6.07, 6.45) is 9.81. The number of aliphatic carboxylic acids is 1. The monoisotopic (exact) mass is 413 g/mol. The van der Waals surface area contributed by atoms with Gasteiger partial charge in [-0.1, -0.05) is 94.3 Å². The van der Waals surface area contributed by atoms with Crippen LogP contribution in [-0.4, -0.2) is 22.3 Å². The number of carboxylic acids is 1. The lowest BCUT2D eigenvalue weighted by Gasteiger charge is -2.26. The molecule has 0 aliphatic rings. The number of hydrogen-bond acceptors (Lipinski definition) is 3. The summed E-state index contributed by atoms with van der Waals surface area (Å²) in [4.78, 5) is 11.0. The quantitative estimate of drug-likeness (QED) is 0.303. The summed E-state index contributed by atoms with van der Waals surface area (Å²) >= 11 is 0. The molecule has 166 valence electrons. The van der Waals surface area contributed by atoms with Crippen LogP contribution in [0.1, 0.15) is 89.2 Å². The van der Waals surface area contributed by atoms with Gasteiger partial charge in [0.15, 0.2) is 0 Å². The predicted molar refractivity (Wildman–Crippen MR) is 124 cm³/mol. The summed E-state index contributed by atoms with van der Waals surface area (Å²) in [6.45, 7) is 2.22. The summed E-state index contributed by atoms with van der Waals surface area (Å²) in [5.74, 6) is -0.837. The SMILES string of the molecule is CCCCCCCCCC(C[C@@H](N)c1cccc2ccccc12)C(O)CCC(=O)O. The number of fused-ring (bicyclic) bond motifs is 1. The van der Waals surface area contributed by atoms with Gasteiger partial charge in [0.05, 0.1) is 6.10 Å². The third kappa shape index (κ3) is 8.08. The van der Waals surface area contributed by atoms with Crippen LogP contribution in [0.25, 0.3) is 10.8 Å². The van der Waals surface area contributed by atoms with E-state index in [1.807, 2.05) is 18.2 Å². The number of hydrogen-bond donors (Lipinski definition) is 3. The van der Waals surface area contributed by atoms with Crippen molar-refractivity contribution in [3.8, 4) is 0 Å². The fourth-order valence-corrected chi connectivity index (χ4v) is 4.36. The molecule has 0 heterocycles. The van der Waals surface area contributed by atoms with Crippen molar-refractivity contribution in [2.24, 2.45) is 11.7 Å². The molecule has 2 aromatic carbocycles. The smallest absolute Gasteiger partial charge is 0.303 e. The second-order valence-electron chi connectivity index (χ2n) is 8.58. The van der Waals surface area contributed by atoms with Crippen molar-refractivity contribution in [3.05, 3.63) is 48.0 Å². The van der Waals surface area contributed by atoms with Gasteiger partial charge in [0, 0.05) is 12.5 Å². The van der Waals surface area contributed by atoms with Gasteiger partial charge < -0.3 is 15.9 Å². The summed E-state index contributed by atoms with van der Waals surface area (Å²) in [5, 5.41) is 22.0. The largest absolute Gasteiger partial charge is 0.481 e. The number of rotatable bonds is 15. The van der Waals surface area contributed by atoms with Crippen LogP contribution in [0.5, 0.6) is 0 Å². The molecule has 0 spiro atoms. The van der Waals surface area contributed by atoms with E-state index in [9.17, 15) is 9.90 Å². The van der Waals surface area contributed by atoms with Crippen molar-refractivity contribution < 1.29 is 15.0 Å². The van der Waals surface area contributed by atoms with E-state index in [4.69, 9.17) is 10.8 Å². The highest BCUT2D eigenvalue weighted by Crippen LogP contribution is 2.31. The minimum absolute atomic E-state index is 0.00180. The number of aliphatic hydroxyl groups is 1. The molecule has 2 aromatic rings. The van der Waals surface area contributed by atoms with Crippen molar-refractivity contribution >= 4 is 16.7 Å². The molecule has 0 saturated heterocycles. The molecule has 4 heteroatoms. The van der Waals surface area contributed by atoms with Crippen LogP contribution in [0.2, 0.25) is 0 Å². The van der Waals surface area contributed by atoms with E-state index in [0.29, 0.717) is 12.8 Å². The molecule has 2 rings (SSSR count). The topological polar surface area (TPSA) is 83.5 Å². The van der Waals surface area contributed by atoms with Crippen LogP contribution in [0, 0.1) is 5.92 Å². The third-order valence-corrected chi connectivity index (χ3v) is 6.16. The van der Waals surface area contributed by atoms with Crippen molar-refractivity contribution in [1.29, 1.82) is 0 Å². The lowest BCUT2D eigenvalue weighted by atomic mass is 9.84. The standard InChI is InChI=1S/C26H39NO3/c1-2-3-4-5-6-7-8-13-21(25(28)17-18-26(29)30)19-24(27)23-16-11-14-20-12-9-10-15-22(20)23/h9-12,14-16,21,24-25,28H,2-8,13,17-19,27H2,1H3,(H,29,30)/t21?,24-,25?/m1/s1. The fourth-order valence-electron chi connectivity index (χ4n) is 4.36. The molecule has 0 radical (unpaired) electrons. The first-order chi connectivity index (χ1) is 14.5. The number of carboxylic acid groups (broad SMARTS) is 1. The molecule has 0 aromatic heterocycles. The summed E-state index contributed by atoms with van der Waals surface area (Å²) in [7, 11) is 0. The summed E-state index contributed by atoms with van der Waals surface area (Å²) < 4.78 is 0. The fraction of sp³-hybridized carbons (Fsp3) is 0.577. The van der Waals surface area contributed by atoms with E-state index in [1.54, 1.807) is 0 Å². The molecular formula is C26H39NO3. The highest BCUT2D eigenvalue weighted by Gasteiger charge is 2.23. The summed E-state index contributed by atoms with van der Waals surface area (Å²) in [5.41, 5.74) is 7.71. The minimum atomic E-state index is -0.859. The predicted octanol–water partition coefficient (Wildman–Crippen LogP) is 6.21. The molecule has 0 aliphatic heterocycles. The highest BCUT2D eigenvalue weighted by atomic mass is 16.4. The minimum Gasteiger partial charge on any atom is -0.481 e. The molecule has 2 unspecified atom stereocenters. The molecule has 0 fully saturated rings. The number of carbonyl (C=O) groups is 1. The molecule has 0 bridgehead atoms. The van der Waals surface area contributed by atoms with Crippen LogP contribution >= 0.6 is 0 Å². The second kappa shape index (κ2) is 13.4. The molecule has 30 heavy (non-hydrogen) atoms. The molecule has 0 saturated carbocycles. The highest BCUT2D eigenvalue weighted by molar-refractivity contribution is 5.86. The van der Waals surface area contributed by atoms with Crippen molar-refractivity contribution in [2.45, 2.75) is 89.7 Å². The van der Waals surface area contributed by atoms with Crippen molar-refractivity contribution in [2.75, 3.05) is 0 Å². The van der Waals surface area contributed by atoms with E-state index >= 15 is 0 Å². The van der Waals surface area contributed by atoms with Gasteiger partial charge in [0.2, 0.25) is 0 Å². The average molecular weight is 414 g/mol. The van der Waals surface area contributed by atoms with Gasteiger partial charge in [-0.3, -0.25) is 4.79 Å². The normalized spacial score (nSPS) is 14.5. The number of unbranched alkanes of at least 4 members (excludes halogenated alkanes) is 6. The van der Waals surface area contributed by atoms with E-state index in [1.165, 1.54) is 37.5 Å². The Balaban J connectivity index is 1.99. The van der Waals surface area contributed by atoms with Gasteiger partial charge in [0.1, 0.15) is 0 Å². The van der Waals surface area contributed by atoms with E-state index in [0.717, 1.165) is 30.2 Å². The Labute approximate surface area is 181 Å². The van der Waals surface area contributed by atoms with Crippen molar-refractivity contribution in [3.63, 3.8) is 0 Å². The van der Waals surface area contributed by atoms with Crippen LogP contribution in [0.4, 0.5) is 0 Å². The van der Waals surface area contributed by atoms with Gasteiger partial charge in [0.25, 0.3) is 0 Å². The van der Waals surface area contributed by atoms with Crippen molar-refractivity contribution in [1.82, 2.24) is 0 Å². The molecule has 0 aliphatic carbocycles. The third-order valence-electron chi connectivity index (χ3n) is 6.16. The zero-order chi connectivity index (χ0) is 21.8. The van der Waals surface area contributed by atoms with Gasteiger partial charge in [-0.2, -0.15) is 0 Å². The van der Waals surface area contributed by atoms with Gasteiger partial charge in [-0.05, 0) is 41.5 Å². The van der Waals surface area contributed by atoms with Crippen LogP contribution in [0.15, 0.2) is 42.5 Å². The van der Waals surface area contributed by atoms with E-state index in [2.05, 4.69) is 31.2 Å². The Morgan fingerprint density at radius 3 is 2.33 bits per heavy atom. The van der Waals surface area contributed by atoms with Crippen LogP contribution in [-0.2, 0) is 4.79 Å². The van der Waals surface area contributed by atoms with Gasteiger partial charge in [-0.25, -0.2) is 0 Å². The number of nitrogens with two attached hydrogens (primary N) is 1. The lowest BCUT2D eigenvalue weighted by Crippen LogP contribution is -2.26. The second-order valence-corrected chi connectivity index (χ2v) is 8.58. The van der Waals surface area contributed by atoms with Gasteiger partial charge in [-0.15, -0.1) is 0 Å². The Morgan fingerprint density at radius 1 is 0.933 bits per heavy atom. The Morgan fingerprint density at radius 2 is 1.60 bits per heavy atom. The lowest BCUT2D eigenvalue weighted by molar-refractivity contribution is -0.137.